The number of nitrogens with one attached hydrogen (secondary N) is 1. The van der Waals surface area contributed by atoms with Crippen molar-refractivity contribution in [1.29, 1.82) is 0 Å². The highest BCUT2D eigenvalue weighted by atomic mass is 35.5. The Labute approximate surface area is 217 Å². The molecule has 1 unspecified atom stereocenters. The van der Waals surface area contributed by atoms with Crippen molar-refractivity contribution in [2.24, 2.45) is 0 Å². The van der Waals surface area contributed by atoms with Gasteiger partial charge < -0.3 is 15.5 Å². The van der Waals surface area contributed by atoms with Crippen molar-refractivity contribution in [3.05, 3.63) is 64.7 Å². The van der Waals surface area contributed by atoms with Crippen molar-refractivity contribution in [3.63, 3.8) is 0 Å². The molecule has 3 N–H and O–H groups in total. The number of anilines is 2. The second-order valence-electron chi connectivity index (χ2n) is 8.81. The van der Waals surface area contributed by atoms with E-state index in [1.54, 1.807) is 24.3 Å². The predicted octanol–water partition coefficient (Wildman–Crippen LogP) is 5.20. The topological polar surface area (TPSA) is 111 Å². The monoisotopic (exact) mass is 551 g/mol. The molecule has 0 saturated heterocycles. The molecule has 4 heterocycles. The number of aryl methyl sites for hydroxylation is 1. The molecule has 8 nitrogen and oxygen atoms in total. The Bertz CT molecular complexity index is 1550. The molecule has 3 aromatic heterocycles. The standard InChI is InChI=1S/C24H19ClF5N7O/c1-2-22(12-3-5-13(25)6-4-12)16-17(31)34-18(35-19(16)36-21(22)38)15-11-37-10-9-32-20(37)14(33-15)7-8-23(26,27)24(28,29)30/h3-6,9-11H,2,7-8H2,1H3,(H3,31,34,35,36,38). The van der Waals surface area contributed by atoms with Gasteiger partial charge in [-0.2, -0.15) is 22.0 Å². The second kappa shape index (κ2) is 8.86. The molecule has 1 amide bonds. The Morgan fingerprint density at radius 3 is 2.47 bits per heavy atom. The van der Waals surface area contributed by atoms with Gasteiger partial charge in [0, 0.05) is 30.0 Å². The summed E-state index contributed by atoms with van der Waals surface area (Å²) in [5, 5.41) is 3.23. The van der Waals surface area contributed by atoms with Gasteiger partial charge in [0.15, 0.2) is 11.5 Å². The molecule has 14 heteroatoms. The molecule has 1 aliphatic heterocycles. The van der Waals surface area contributed by atoms with Gasteiger partial charge in [-0.1, -0.05) is 30.7 Å². The lowest BCUT2D eigenvalue weighted by molar-refractivity contribution is -0.284. The molecule has 1 aromatic carbocycles. The number of benzene rings is 1. The third-order valence-corrected chi connectivity index (χ3v) is 6.87. The van der Waals surface area contributed by atoms with Crippen LogP contribution in [0, 0.1) is 0 Å². The van der Waals surface area contributed by atoms with Gasteiger partial charge in [-0.3, -0.25) is 4.79 Å². The number of nitrogen functional groups attached to an aromatic ring is 1. The van der Waals surface area contributed by atoms with Crippen molar-refractivity contribution in [3.8, 4) is 11.5 Å². The second-order valence-corrected chi connectivity index (χ2v) is 9.25. The summed E-state index contributed by atoms with van der Waals surface area (Å²) in [7, 11) is 0. The highest BCUT2D eigenvalue weighted by Crippen LogP contribution is 2.47. The maximum absolute atomic E-state index is 13.6. The first kappa shape index (κ1) is 25.8. The predicted molar refractivity (Wildman–Crippen MR) is 129 cm³/mol. The number of alkyl halides is 5. The lowest BCUT2D eigenvalue weighted by Gasteiger charge is -2.27. The molecule has 198 valence electrons. The smallest absolute Gasteiger partial charge is 0.383 e. The molecule has 0 bridgehead atoms. The van der Waals surface area contributed by atoms with E-state index in [1.807, 2.05) is 6.92 Å². The normalized spacial score (nSPS) is 17.6. The van der Waals surface area contributed by atoms with Crippen molar-refractivity contribution in [1.82, 2.24) is 24.3 Å². The van der Waals surface area contributed by atoms with Gasteiger partial charge in [0.25, 0.3) is 0 Å². The molecule has 38 heavy (non-hydrogen) atoms. The number of fused-ring (bicyclic) bond motifs is 2. The summed E-state index contributed by atoms with van der Waals surface area (Å²) in [6, 6.07) is 6.73. The summed E-state index contributed by atoms with van der Waals surface area (Å²) in [5.74, 6) is -5.20. The van der Waals surface area contributed by atoms with E-state index in [2.05, 4.69) is 25.3 Å². The summed E-state index contributed by atoms with van der Waals surface area (Å²) in [6.45, 7) is 1.81. The minimum atomic E-state index is -5.69. The quantitative estimate of drug-likeness (QED) is 0.319. The van der Waals surface area contributed by atoms with Gasteiger partial charge in [-0.15, -0.1) is 0 Å². The number of rotatable bonds is 6. The molecule has 0 radical (unpaired) electrons. The zero-order valence-corrected chi connectivity index (χ0v) is 20.4. The molecule has 1 atom stereocenters. The van der Waals surface area contributed by atoms with Gasteiger partial charge in [-0.05, 0) is 30.5 Å². The Morgan fingerprint density at radius 1 is 1.11 bits per heavy atom. The van der Waals surface area contributed by atoms with Crippen LogP contribution < -0.4 is 11.1 Å². The number of amides is 1. The van der Waals surface area contributed by atoms with Gasteiger partial charge >= 0.3 is 12.1 Å². The van der Waals surface area contributed by atoms with E-state index < -0.39 is 30.4 Å². The Morgan fingerprint density at radius 2 is 1.82 bits per heavy atom. The fraction of sp³-hybridized carbons (Fsp3) is 0.292. The molecule has 4 aromatic rings. The maximum Gasteiger partial charge on any atom is 0.453 e. The van der Waals surface area contributed by atoms with Crippen LogP contribution in [0.15, 0.2) is 42.9 Å². The van der Waals surface area contributed by atoms with E-state index in [9.17, 15) is 26.7 Å². The van der Waals surface area contributed by atoms with E-state index >= 15 is 0 Å². The third kappa shape index (κ3) is 4.01. The van der Waals surface area contributed by atoms with Gasteiger partial charge in [0.2, 0.25) is 5.91 Å². The number of nitrogens with two attached hydrogens (primary N) is 1. The summed E-state index contributed by atoms with van der Waals surface area (Å²) in [4.78, 5) is 30.3. The van der Waals surface area contributed by atoms with Crippen molar-refractivity contribution in [2.75, 3.05) is 11.1 Å². The fourth-order valence-electron chi connectivity index (χ4n) is 4.67. The number of aromatic nitrogens is 5. The number of hydrogen-bond acceptors (Lipinski definition) is 6. The molecule has 5 rings (SSSR count). The first-order chi connectivity index (χ1) is 17.9. The number of imidazole rings is 1. The number of carbonyl (C=O) groups is 1. The van der Waals surface area contributed by atoms with E-state index in [0.29, 0.717) is 22.6 Å². The third-order valence-electron chi connectivity index (χ3n) is 6.61. The summed E-state index contributed by atoms with van der Waals surface area (Å²) < 4.78 is 66.7. The number of nitrogens with zero attached hydrogens (tertiary/aromatic N) is 5. The Hall–Kier alpha value is -3.87. The van der Waals surface area contributed by atoms with Crippen LogP contribution in [0.1, 0.15) is 36.6 Å². The maximum atomic E-state index is 13.6. The summed E-state index contributed by atoms with van der Waals surface area (Å²) in [5.41, 5.74) is 6.22. The van der Waals surface area contributed by atoms with Gasteiger partial charge in [-0.25, -0.2) is 19.9 Å². The van der Waals surface area contributed by atoms with Crippen LogP contribution >= 0.6 is 11.6 Å². The number of halogens is 6. The molecule has 0 spiro atoms. The number of hydrogen-bond donors (Lipinski definition) is 2. The van der Waals surface area contributed by atoms with E-state index in [0.717, 1.165) is 0 Å². The van der Waals surface area contributed by atoms with Crippen molar-refractivity contribution < 1.29 is 26.7 Å². The average Bonchev–Trinajstić information content (AvgIpc) is 3.44. The largest absolute Gasteiger partial charge is 0.453 e. The van der Waals surface area contributed by atoms with Crippen molar-refractivity contribution >= 4 is 34.8 Å². The molecular weight excluding hydrogens is 533 g/mol. The minimum absolute atomic E-state index is 0.0159. The van der Waals surface area contributed by atoms with E-state index in [-0.39, 0.29) is 40.4 Å². The summed E-state index contributed by atoms with van der Waals surface area (Å²) >= 11 is 6.02. The number of carbonyl (C=O) groups excluding carboxylic acids is 1. The van der Waals surface area contributed by atoms with E-state index in [4.69, 9.17) is 17.3 Å². The Balaban J connectivity index is 1.58. The van der Waals surface area contributed by atoms with Crippen LogP contribution in [-0.4, -0.2) is 42.3 Å². The van der Waals surface area contributed by atoms with Gasteiger partial charge in [0.1, 0.15) is 22.7 Å². The molecule has 1 aliphatic rings. The summed E-state index contributed by atoms with van der Waals surface area (Å²) in [6.07, 6.45) is -3.32. The SMILES string of the molecule is CCC1(c2ccc(Cl)cc2)C(=O)Nc2nc(-c3cn4ccnc4c(CCC(F)(F)C(F)(F)F)n3)nc(N)c21. The molecule has 0 saturated carbocycles. The average molecular weight is 552 g/mol. The molecule has 0 fully saturated rings. The van der Waals surface area contributed by atoms with Crippen LogP contribution in [0.3, 0.4) is 0 Å². The highest BCUT2D eigenvalue weighted by Gasteiger charge is 2.56. The zero-order valence-electron chi connectivity index (χ0n) is 19.7. The lowest BCUT2D eigenvalue weighted by Crippen LogP contribution is -2.36. The van der Waals surface area contributed by atoms with Crippen LogP contribution in [0.4, 0.5) is 33.6 Å². The minimum Gasteiger partial charge on any atom is -0.383 e. The van der Waals surface area contributed by atoms with Crippen LogP contribution in [-0.2, 0) is 16.6 Å². The van der Waals surface area contributed by atoms with Crippen LogP contribution in [0.5, 0.6) is 0 Å². The van der Waals surface area contributed by atoms with Crippen LogP contribution in [0.2, 0.25) is 5.02 Å². The lowest BCUT2D eigenvalue weighted by atomic mass is 9.74. The molecular formula is C24H19ClF5N7O. The van der Waals surface area contributed by atoms with E-state index in [1.165, 1.54) is 23.0 Å². The fourth-order valence-corrected chi connectivity index (χ4v) is 4.80. The first-order valence-electron chi connectivity index (χ1n) is 11.4. The first-order valence-corrected chi connectivity index (χ1v) is 11.8. The van der Waals surface area contributed by atoms with Crippen molar-refractivity contribution in [2.45, 2.75) is 43.7 Å². The van der Waals surface area contributed by atoms with Gasteiger partial charge in [0.05, 0.1) is 11.3 Å². The highest BCUT2D eigenvalue weighted by molar-refractivity contribution is 6.30. The molecule has 0 aliphatic carbocycles. The van der Waals surface area contributed by atoms with Crippen LogP contribution in [0.25, 0.3) is 17.2 Å². The Kier molecular flexibility index (Phi) is 6.01. The zero-order chi connectivity index (χ0) is 27.5.